The van der Waals surface area contributed by atoms with Crippen LogP contribution in [0.3, 0.4) is 0 Å². The van der Waals surface area contributed by atoms with Gasteiger partial charge in [-0.3, -0.25) is 4.79 Å². The first-order chi connectivity index (χ1) is 7.63. The number of methoxy groups -OCH3 is 1. The lowest BCUT2D eigenvalue weighted by atomic mass is 10.1. The molecule has 16 heavy (non-hydrogen) atoms. The van der Waals surface area contributed by atoms with E-state index in [1.54, 1.807) is 0 Å². The highest BCUT2D eigenvalue weighted by molar-refractivity contribution is 6.35. The van der Waals surface area contributed by atoms with Gasteiger partial charge in [-0.15, -0.1) is 0 Å². The highest BCUT2D eigenvalue weighted by Crippen LogP contribution is 2.27. The van der Waals surface area contributed by atoms with E-state index in [9.17, 15) is 4.79 Å². The van der Waals surface area contributed by atoms with Crippen LogP contribution in [0.25, 0.3) is 10.9 Å². The Bertz CT molecular complexity index is 545. The number of nitrogens with zero attached hydrogens (tertiary/aromatic N) is 1. The van der Waals surface area contributed by atoms with Crippen molar-refractivity contribution in [2.24, 2.45) is 7.05 Å². The Morgan fingerprint density at radius 1 is 1.50 bits per heavy atom. The molecule has 0 aliphatic carbocycles. The average Bonchev–Trinajstić information content (AvgIpc) is 2.57. The van der Waals surface area contributed by atoms with Gasteiger partial charge in [-0.25, -0.2) is 0 Å². The van der Waals surface area contributed by atoms with Crippen LogP contribution < -0.4 is 0 Å². The third-order valence-electron chi connectivity index (χ3n) is 2.60. The van der Waals surface area contributed by atoms with Gasteiger partial charge >= 0.3 is 5.97 Å². The number of fused-ring (bicyclic) bond motifs is 1. The number of esters is 1. The Balaban J connectivity index is 2.55. The van der Waals surface area contributed by atoms with E-state index in [0.29, 0.717) is 5.02 Å². The van der Waals surface area contributed by atoms with Crippen LogP contribution in [0.1, 0.15) is 5.56 Å². The number of aryl methyl sites for hydroxylation is 1. The van der Waals surface area contributed by atoms with Crippen molar-refractivity contribution in [2.45, 2.75) is 6.42 Å². The third kappa shape index (κ3) is 1.78. The predicted molar refractivity (Wildman–Crippen MR) is 63.6 cm³/mol. The molecule has 2 rings (SSSR count). The summed E-state index contributed by atoms with van der Waals surface area (Å²) in [6.45, 7) is 0. The van der Waals surface area contributed by atoms with Crippen LogP contribution >= 0.6 is 11.6 Å². The van der Waals surface area contributed by atoms with Crippen LogP contribution in [-0.2, 0) is 23.0 Å². The Kier molecular flexibility index (Phi) is 2.88. The van der Waals surface area contributed by atoms with Crippen molar-refractivity contribution in [3.63, 3.8) is 0 Å². The number of carbonyl (C=O) groups excluding carboxylic acids is 1. The first-order valence-corrected chi connectivity index (χ1v) is 5.30. The van der Waals surface area contributed by atoms with E-state index >= 15 is 0 Å². The topological polar surface area (TPSA) is 31.2 Å². The molecule has 0 bridgehead atoms. The molecule has 0 N–H and O–H groups in total. The first kappa shape index (κ1) is 11.0. The molecule has 0 aliphatic rings. The van der Waals surface area contributed by atoms with E-state index in [4.69, 9.17) is 11.6 Å². The standard InChI is InChI=1S/C12H12ClNO2/c1-14-7-8(6-11(15)16-2)9-4-3-5-10(13)12(9)14/h3-5,7H,6H2,1-2H3. The summed E-state index contributed by atoms with van der Waals surface area (Å²) in [5, 5.41) is 1.69. The van der Waals surface area contributed by atoms with Crippen LogP contribution in [-0.4, -0.2) is 17.6 Å². The van der Waals surface area contributed by atoms with Gasteiger partial charge in [0.15, 0.2) is 0 Å². The van der Waals surface area contributed by atoms with Gasteiger partial charge in [0.2, 0.25) is 0 Å². The molecular formula is C12H12ClNO2. The molecule has 0 atom stereocenters. The van der Waals surface area contributed by atoms with Crippen molar-refractivity contribution in [1.82, 2.24) is 4.57 Å². The molecule has 84 valence electrons. The number of hydrogen-bond donors (Lipinski definition) is 0. The largest absolute Gasteiger partial charge is 0.469 e. The second-order valence-electron chi connectivity index (χ2n) is 3.65. The van der Waals surface area contributed by atoms with Gasteiger partial charge in [-0.05, 0) is 11.6 Å². The summed E-state index contributed by atoms with van der Waals surface area (Å²) in [4.78, 5) is 11.3. The molecule has 4 heteroatoms. The van der Waals surface area contributed by atoms with Gasteiger partial charge in [0.1, 0.15) is 0 Å². The fraction of sp³-hybridized carbons (Fsp3) is 0.250. The third-order valence-corrected chi connectivity index (χ3v) is 2.90. The highest BCUT2D eigenvalue weighted by atomic mass is 35.5. The van der Waals surface area contributed by atoms with Gasteiger partial charge in [0.25, 0.3) is 0 Å². The van der Waals surface area contributed by atoms with Gasteiger partial charge < -0.3 is 9.30 Å². The van der Waals surface area contributed by atoms with Crippen molar-refractivity contribution in [2.75, 3.05) is 7.11 Å². The highest BCUT2D eigenvalue weighted by Gasteiger charge is 2.12. The molecule has 0 radical (unpaired) electrons. The lowest BCUT2D eigenvalue weighted by molar-refractivity contribution is -0.139. The molecule has 0 aliphatic heterocycles. The van der Waals surface area contributed by atoms with E-state index in [-0.39, 0.29) is 12.4 Å². The summed E-state index contributed by atoms with van der Waals surface area (Å²) >= 11 is 6.11. The van der Waals surface area contributed by atoms with Crippen molar-refractivity contribution in [3.05, 3.63) is 35.0 Å². The van der Waals surface area contributed by atoms with Gasteiger partial charge in [0.05, 0.1) is 24.1 Å². The maximum absolute atomic E-state index is 11.3. The summed E-state index contributed by atoms with van der Waals surface area (Å²) < 4.78 is 6.59. The maximum Gasteiger partial charge on any atom is 0.310 e. The van der Waals surface area contributed by atoms with E-state index in [0.717, 1.165) is 16.5 Å². The lowest BCUT2D eigenvalue weighted by Gasteiger charge is -1.99. The van der Waals surface area contributed by atoms with Gasteiger partial charge in [-0.2, -0.15) is 0 Å². The monoisotopic (exact) mass is 237 g/mol. The molecule has 1 aromatic carbocycles. The van der Waals surface area contributed by atoms with Crippen LogP contribution in [0.4, 0.5) is 0 Å². The molecule has 0 amide bonds. The number of rotatable bonds is 2. The minimum Gasteiger partial charge on any atom is -0.469 e. The van der Waals surface area contributed by atoms with Crippen molar-refractivity contribution < 1.29 is 9.53 Å². The normalized spacial score (nSPS) is 10.7. The van der Waals surface area contributed by atoms with Gasteiger partial charge in [0, 0.05) is 18.6 Å². The maximum atomic E-state index is 11.3. The average molecular weight is 238 g/mol. The number of carbonyl (C=O) groups is 1. The molecule has 3 nitrogen and oxygen atoms in total. The lowest BCUT2D eigenvalue weighted by Crippen LogP contribution is -2.03. The minimum atomic E-state index is -0.243. The van der Waals surface area contributed by atoms with Crippen molar-refractivity contribution >= 4 is 28.5 Å². The molecule has 0 spiro atoms. The minimum absolute atomic E-state index is 0.243. The predicted octanol–water partition coefficient (Wildman–Crippen LogP) is 2.55. The molecule has 0 saturated carbocycles. The number of aromatic nitrogens is 1. The number of para-hydroxylation sites is 1. The Labute approximate surface area is 98.6 Å². The molecule has 2 aromatic rings. The summed E-state index contributed by atoms with van der Waals surface area (Å²) in [5.41, 5.74) is 1.88. The van der Waals surface area contributed by atoms with E-state index in [1.165, 1.54) is 7.11 Å². The fourth-order valence-electron chi connectivity index (χ4n) is 1.87. The summed E-state index contributed by atoms with van der Waals surface area (Å²) in [7, 11) is 3.30. The fourth-order valence-corrected chi connectivity index (χ4v) is 2.18. The summed E-state index contributed by atoms with van der Waals surface area (Å²) in [5.74, 6) is -0.243. The molecule has 0 fully saturated rings. The molecular weight excluding hydrogens is 226 g/mol. The van der Waals surface area contributed by atoms with Crippen molar-refractivity contribution in [3.8, 4) is 0 Å². The molecule has 1 heterocycles. The van der Waals surface area contributed by atoms with E-state index < -0.39 is 0 Å². The summed E-state index contributed by atoms with van der Waals surface area (Å²) in [6.07, 6.45) is 2.18. The zero-order valence-electron chi connectivity index (χ0n) is 9.16. The smallest absolute Gasteiger partial charge is 0.310 e. The van der Waals surface area contributed by atoms with Crippen LogP contribution in [0.15, 0.2) is 24.4 Å². The van der Waals surface area contributed by atoms with Crippen LogP contribution in [0, 0.1) is 0 Å². The molecule has 0 unspecified atom stereocenters. The number of hydrogen-bond acceptors (Lipinski definition) is 2. The molecule has 1 aromatic heterocycles. The summed E-state index contributed by atoms with van der Waals surface area (Å²) in [6, 6.07) is 5.68. The van der Waals surface area contributed by atoms with Crippen LogP contribution in [0.2, 0.25) is 5.02 Å². The van der Waals surface area contributed by atoms with Crippen LogP contribution in [0.5, 0.6) is 0 Å². The van der Waals surface area contributed by atoms with Gasteiger partial charge in [-0.1, -0.05) is 23.7 Å². The first-order valence-electron chi connectivity index (χ1n) is 4.92. The number of ether oxygens (including phenoxy) is 1. The molecule has 0 saturated heterocycles. The number of benzene rings is 1. The zero-order chi connectivity index (χ0) is 11.7. The Morgan fingerprint density at radius 2 is 2.25 bits per heavy atom. The Hall–Kier alpha value is -1.48. The second-order valence-corrected chi connectivity index (χ2v) is 4.06. The number of halogens is 1. The Morgan fingerprint density at radius 3 is 2.94 bits per heavy atom. The van der Waals surface area contributed by atoms with Crippen molar-refractivity contribution in [1.29, 1.82) is 0 Å². The van der Waals surface area contributed by atoms with E-state index in [2.05, 4.69) is 4.74 Å². The second kappa shape index (κ2) is 4.18. The van der Waals surface area contributed by atoms with E-state index in [1.807, 2.05) is 36.0 Å². The quantitative estimate of drug-likeness (QED) is 0.752. The SMILES string of the molecule is COC(=O)Cc1cn(C)c2c(Cl)cccc12. The zero-order valence-corrected chi connectivity index (χ0v) is 9.91.